The summed E-state index contributed by atoms with van der Waals surface area (Å²) in [6.45, 7) is 0.689. The topological polar surface area (TPSA) is 66.6 Å². The zero-order chi connectivity index (χ0) is 21.8. The predicted molar refractivity (Wildman–Crippen MR) is 125 cm³/mol. The van der Waals surface area contributed by atoms with Gasteiger partial charge in [-0.2, -0.15) is 0 Å². The Morgan fingerprint density at radius 3 is 1.52 bits per heavy atom. The van der Waals surface area contributed by atoms with E-state index in [0.29, 0.717) is 33.3 Å². The maximum absolute atomic E-state index is 6.47. The van der Waals surface area contributed by atoms with Gasteiger partial charge in [-0.1, -0.05) is 58.5 Å². The van der Waals surface area contributed by atoms with E-state index in [1.54, 1.807) is 49.1 Å². The molecule has 0 radical (unpaired) electrons. The SMILES string of the molecule is Clc1ccc(C(COCC(c2ncc[nH]2)c2ccc(Cl)cc2Cl)c2ncc[nH]2)c(Cl)c1. The molecule has 2 atom stereocenters. The van der Waals surface area contributed by atoms with Gasteiger partial charge < -0.3 is 14.7 Å². The van der Waals surface area contributed by atoms with Gasteiger partial charge in [-0.15, -0.1) is 0 Å². The van der Waals surface area contributed by atoms with E-state index < -0.39 is 0 Å². The Labute approximate surface area is 199 Å². The Hall–Kier alpha value is -2.02. The largest absolute Gasteiger partial charge is 0.379 e. The van der Waals surface area contributed by atoms with Gasteiger partial charge in [0.1, 0.15) is 11.6 Å². The predicted octanol–water partition coefficient (Wildman–Crippen LogP) is 6.73. The van der Waals surface area contributed by atoms with Crippen molar-refractivity contribution in [3.8, 4) is 0 Å². The fraction of sp³-hybridized carbons (Fsp3) is 0.182. The van der Waals surface area contributed by atoms with E-state index in [0.717, 1.165) is 22.8 Å². The number of aromatic amines is 2. The monoisotopic (exact) mass is 494 g/mol. The van der Waals surface area contributed by atoms with Crippen molar-refractivity contribution in [2.24, 2.45) is 0 Å². The first-order valence-corrected chi connectivity index (χ1v) is 11.0. The van der Waals surface area contributed by atoms with Crippen molar-refractivity contribution in [3.05, 3.63) is 104 Å². The van der Waals surface area contributed by atoms with Crippen LogP contribution in [0.4, 0.5) is 0 Å². The molecule has 0 aliphatic rings. The van der Waals surface area contributed by atoms with Gasteiger partial charge in [0.25, 0.3) is 0 Å². The molecule has 2 aromatic heterocycles. The maximum Gasteiger partial charge on any atom is 0.115 e. The minimum atomic E-state index is -0.197. The third-order valence-corrected chi connectivity index (χ3v) is 6.07. The van der Waals surface area contributed by atoms with Crippen LogP contribution in [0, 0.1) is 0 Å². The summed E-state index contributed by atoms with van der Waals surface area (Å²) in [5, 5.41) is 2.26. The second kappa shape index (κ2) is 10.1. The number of nitrogens with zero attached hydrogens (tertiary/aromatic N) is 2. The highest BCUT2D eigenvalue weighted by Gasteiger charge is 2.24. The van der Waals surface area contributed by atoms with Crippen LogP contribution in [0.1, 0.15) is 34.6 Å². The van der Waals surface area contributed by atoms with Gasteiger partial charge in [0.15, 0.2) is 0 Å². The number of hydrogen-bond donors (Lipinski definition) is 2. The lowest BCUT2D eigenvalue weighted by Gasteiger charge is -2.21. The second-order valence-corrected chi connectivity index (χ2v) is 8.61. The lowest BCUT2D eigenvalue weighted by Crippen LogP contribution is -2.17. The highest BCUT2D eigenvalue weighted by molar-refractivity contribution is 6.35. The quantitative estimate of drug-likeness (QED) is 0.285. The summed E-state index contributed by atoms with van der Waals surface area (Å²) in [6.07, 6.45) is 6.94. The molecule has 160 valence electrons. The lowest BCUT2D eigenvalue weighted by molar-refractivity contribution is 0.118. The Morgan fingerprint density at radius 2 is 1.16 bits per heavy atom. The Kier molecular flexibility index (Phi) is 7.20. The summed E-state index contributed by atoms with van der Waals surface area (Å²) in [5.41, 5.74) is 1.75. The molecule has 2 unspecified atom stereocenters. The molecule has 5 nitrogen and oxygen atoms in total. The molecule has 0 aliphatic carbocycles. The van der Waals surface area contributed by atoms with Gasteiger partial charge in [-0.3, -0.25) is 0 Å². The van der Waals surface area contributed by atoms with Crippen molar-refractivity contribution in [1.82, 2.24) is 19.9 Å². The van der Waals surface area contributed by atoms with Gasteiger partial charge in [-0.25, -0.2) is 9.97 Å². The number of H-pyrrole nitrogens is 2. The summed E-state index contributed by atoms with van der Waals surface area (Å²) < 4.78 is 6.18. The van der Waals surface area contributed by atoms with Gasteiger partial charge in [0, 0.05) is 44.9 Å². The zero-order valence-corrected chi connectivity index (χ0v) is 19.2. The smallest absolute Gasteiger partial charge is 0.115 e. The number of benzene rings is 2. The van der Waals surface area contributed by atoms with E-state index in [1.807, 2.05) is 12.1 Å². The van der Waals surface area contributed by atoms with Crippen molar-refractivity contribution >= 4 is 46.4 Å². The molecule has 2 N–H and O–H groups in total. The molecule has 0 aliphatic heterocycles. The van der Waals surface area contributed by atoms with Crippen LogP contribution in [0.2, 0.25) is 20.1 Å². The third-order valence-electron chi connectivity index (χ3n) is 4.94. The Morgan fingerprint density at radius 1 is 0.710 bits per heavy atom. The van der Waals surface area contributed by atoms with E-state index in [4.69, 9.17) is 51.1 Å². The Bertz CT molecular complexity index is 1040. The highest BCUT2D eigenvalue weighted by atomic mass is 35.5. The standard InChI is InChI=1S/C22H18Cl4N4O/c23-13-1-3-15(19(25)9-13)17(21-27-5-6-28-21)11-31-12-18(22-29-7-8-30-22)16-4-2-14(24)10-20(16)26/h1-10,17-18H,11-12H2,(H,27,28)(H,29,30). The molecule has 9 heteroatoms. The molecule has 2 aromatic carbocycles. The van der Waals surface area contributed by atoms with Crippen LogP contribution in [0.3, 0.4) is 0 Å². The summed E-state index contributed by atoms with van der Waals surface area (Å²) >= 11 is 25.1. The first-order chi connectivity index (χ1) is 15.0. The maximum atomic E-state index is 6.47. The van der Waals surface area contributed by atoms with Crippen molar-refractivity contribution in [1.29, 1.82) is 0 Å². The van der Waals surface area contributed by atoms with E-state index in [1.165, 1.54) is 0 Å². The van der Waals surface area contributed by atoms with Crippen molar-refractivity contribution < 1.29 is 4.74 Å². The van der Waals surface area contributed by atoms with Gasteiger partial charge in [0.2, 0.25) is 0 Å². The van der Waals surface area contributed by atoms with Gasteiger partial charge in [-0.05, 0) is 35.4 Å². The first-order valence-electron chi connectivity index (χ1n) is 9.49. The summed E-state index contributed by atoms with van der Waals surface area (Å²) in [4.78, 5) is 15.1. The molecule has 4 rings (SSSR count). The highest BCUT2D eigenvalue weighted by Crippen LogP contribution is 2.33. The number of imidazole rings is 2. The molecule has 2 heterocycles. The molecule has 0 bridgehead atoms. The number of rotatable bonds is 8. The summed E-state index contributed by atoms with van der Waals surface area (Å²) in [5.74, 6) is 1.11. The van der Waals surface area contributed by atoms with Crippen LogP contribution in [-0.2, 0) is 4.74 Å². The van der Waals surface area contributed by atoms with E-state index in [2.05, 4.69) is 19.9 Å². The number of hydrogen-bond acceptors (Lipinski definition) is 3. The summed E-state index contributed by atoms with van der Waals surface area (Å²) in [7, 11) is 0. The Balaban J connectivity index is 1.57. The molecule has 0 saturated carbocycles. The van der Waals surface area contributed by atoms with E-state index in [9.17, 15) is 0 Å². The van der Waals surface area contributed by atoms with E-state index in [-0.39, 0.29) is 11.8 Å². The van der Waals surface area contributed by atoms with Crippen LogP contribution in [0.15, 0.2) is 61.2 Å². The fourth-order valence-electron chi connectivity index (χ4n) is 3.44. The molecule has 4 aromatic rings. The van der Waals surface area contributed by atoms with Crippen molar-refractivity contribution in [2.45, 2.75) is 11.8 Å². The van der Waals surface area contributed by atoms with Gasteiger partial charge >= 0.3 is 0 Å². The normalized spacial score (nSPS) is 13.3. The average molecular weight is 496 g/mol. The van der Waals surface area contributed by atoms with Crippen LogP contribution in [0.5, 0.6) is 0 Å². The second-order valence-electron chi connectivity index (χ2n) is 6.92. The number of nitrogens with one attached hydrogen (secondary N) is 2. The van der Waals surface area contributed by atoms with E-state index >= 15 is 0 Å². The average Bonchev–Trinajstić information content (AvgIpc) is 3.44. The lowest BCUT2D eigenvalue weighted by atomic mass is 9.98. The number of ether oxygens (including phenoxy) is 1. The third kappa shape index (κ3) is 5.25. The van der Waals surface area contributed by atoms with Gasteiger partial charge in [0.05, 0.1) is 25.0 Å². The minimum Gasteiger partial charge on any atom is -0.379 e. The number of halogens is 4. The van der Waals surface area contributed by atoms with Crippen molar-refractivity contribution in [2.75, 3.05) is 13.2 Å². The molecule has 0 spiro atoms. The first kappa shape index (κ1) is 22.2. The molecule has 0 fully saturated rings. The summed E-state index contributed by atoms with van der Waals surface area (Å²) in [6, 6.07) is 10.8. The minimum absolute atomic E-state index is 0.197. The fourth-order valence-corrected chi connectivity index (χ4v) is 4.52. The molecule has 0 saturated heterocycles. The van der Waals surface area contributed by atoms with Crippen molar-refractivity contribution in [3.63, 3.8) is 0 Å². The van der Waals surface area contributed by atoms with Crippen LogP contribution >= 0.6 is 46.4 Å². The molecular formula is C22H18Cl4N4O. The van der Waals surface area contributed by atoms with Crippen LogP contribution in [0.25, 0.3) is 0 Å². The number of aromatic nitrogens is 4. The van der Waals surface area contributed by atoms with Crippen LogP contribution in [-0.4, -0.2) is 33.1 Å². The molecule has 31 heavy (non-hydrogen) atoms. The van der Waals surface area contributed by atoms with Crippen LogP contribution < -0.4 is 0 Å². The zero-order valence-electron chi connectivity index (χ0n) is 16.2. The molecule has 0 amide bonds. The molecular weight excluding hydrogens is 478 g/mol.